The molecule has 1 aromatic carbocycles. The maximum absolute atomic E-state index is 12.4. The van der Waals surface area contributed by atoms with E-state index in [1.165, 1.54) is 10.9 Å². The summed E-state index contributed by atoms with van der Waals surface area (Å²) in [6.45, 7) is 1.64. The van der Waals surface area contributed by atoms with Crippen LogP contribution >= 0.6 is 0 Å². The van der Waals surface area contributed by atoms with E-state index >= 15 is 0 Å². The molecule has 2 heterocycles. The number of carboxylic acids is 1. The number of carbonyl (C=O) groups excluding carboxylic acids is 1. The smallest absolute Gasteiger partial charge is 0.339 e. The largest absolute Gasteiger partial charge is 0.478 e. The van der Waals surface area contributed by atoms with Gasteiger partial charge in [-0.2, -0.15) is 5.10 Å². The van der Waals surface area contributed by atoms with Crippen LogP contribution in [0.4, 0.5) is 5.69 Å². The summed E-state index contributed by atoms with van der Waals surface area (Å²) >= 11 is 0. The number of nitrogens with one attached hydrogen (secondary N) is 1. The second-order valence-corrected chi connectivity index (χ2v) is 8.55. The number of aromatic nitrogens is 2. The standard InChI is InChI=1S/C17H19N3O5S/c1-11-14(17(22)23)10-18-20(11)13-6-4-5-12(9-13)19-16(21)15-7-2-3-8-26(15,24)25/h4-6,9-10,15H,2-3,7-8H2,1H3,(H,19,21)(H,22,23). The summed E-state index contributed by atoms with van der Waals surface area (Å²) in [5.41, 5.74) is 1.54. The maximum atomic E-state index is 12.4. The first kappa shape index (κ1) is 18.1. The van der Waals surface area contributed by atoms with Gasteiger partial charge in [0.15, 0.2) is 9.84 Å². The van der Waals surface area contributed by atoms with Crippen LogP contribution in [0, 0.1) is 6.92 Å². The minimum atomic E-state index is -3.41. The number of sulfone groups is 1. The molecule has 1 saturated heterocycles. The van der Waals surface area contributed by atoms with E-state index in [9.17, 15) is 18.0 Å². The first-order chi connectivity index (χ1) is 12.3. The minimum absolute atomic E-state index is 0.0373. The molecule has 1 amide bonds. The normalized spacial score (nSPS) is 19.0. The van der Waals surface area contributed by atoms with Crippen molar-refractivity contribution >= 4 is 27.4 Å². The predicted molar refractivity (Wildman–Crippen MR) is 95.3 cm³/mol. The van der Waals surface area contributed by atoms with E-state index in [0.29, 0.717) is 36.3 Å². The third-order valence-electron chi connectivity index (χ3n) is 4.47. The molecule has 1 atom stereocenters. The van der Waals surface area contributed by atoms with Crippen molar-refractivity contribution in [2.24, 2.45) is 0 Å². The molecule has 0 spiro atoms. The van der Waals surface area contributed by atoms with Gasteiger partial charge in [-0.3, -0.25) is 4.79 Å². The van der Waals surface area contributed by atoms with Crippen LogP contribution in [0.3, 0.4) is 0 Å². The Hall–Kier alpha value is -2.68. The van der Waals surface area contributed by atoms with Crippen LogP contribution in [0.5, 0.6) is 0 Å². The molecule has 0 bridgehead atoms. The van der Waals surface area contributed by atoms with Crippen molar-refractivity contribution in [1.82, 2.24) is 9.78 Å². The summed E-state index contributed by atoms with van der Waals surface area (Å²) in [7, 11) is -3.41. The summed E-state index contributed by atoms with van der Waals surface area (Å²) < 4.78 is 25.6. The van der Waals surface area contributed by atoms with Gasteiger partial charge in [-0.1, -0.05) is 12.5 Å². The molecule has 0 aliphatic carbocycles. The molecule has 1 unspecified atom stereocenters. The van der Waals surface area contributed by atoms with Gasteiger partial charge in [0, 0.05) is 5.69 Å². The third kappa shape index (κ3) is 3.48. The van der Waals surface area contributed by atoms with Gasteiger partial charge >= 0.3 is 5.97 Å². The van der Waals surface area contributed by atoms with E-state index in [1.54, 1.807) is 31.2 Å². The second-order valence-electron chi connectivity index (χ2n) is 6.25. The SMILES string of the molecule is Cc1c(C(=O)O)cnn1-c1cccc(NC(=O)C2CCCCS2(=O)=O)c1. The molecule has 0 radical (unpaired) electrons. The Morgan fingerprint density at radius 1 is 1.31 bits per heavy atom. The summed E-state index contributed by atoms with van der Waals surface area (Å²) in [5.74, 6) is -1.57. The molecule has 1 aromatic heterocycles. The average Bonchev–Trinajstić information content (AvgIpc) is 2.96. The number of anilines is 1. The number of hydrogen-bond donors (Lipinski definition) is 2. The van der Waals surface area contributed by atoms with Crippen LogP contribution in [0.25, 0.3) is 5.69 Å². The lowest BCUT2D eigenvalue weighted by molar-refractivity contribution is -0.116. The number of carbonyl (C=O) groups is 2. The molecule has 26 heavy (non-hydrogen) atoms. The monoisotopic (exact) mass is 377 g/mol. The number of rotatable bonds is 4. The third-order valence-corrected chi connectivity index (χ3v) is 6.64. The topological polar surface area (TPSA) is 118 Å². The van der Waals surface area contributed by atoms with Gasteiger partial charge in [0.1, 0.15) is 10.8 Å². The van der Waals surface area contributed by atoms with Crippen molar-refractivity contribution in [2.45, 2.75) is 31.4 Å². The van der Waals surface area contributed by atoms with E-state index < -0.39 is 27.0 Å². The van der Waals surface area contributed by atoms with E-state index in [1.807, 2.05) is 0 Å². The number of nitrogens with zero attached hydrogens (tertiary/aromatic N) is 2. The molecule has 138 valence electrons. The van der Waals surface area contributed by atoms with Crippen LogP contribution in [-0.2, 0) is 14.6 Å². The average molecular weight is 377 g/mol. The number of carboxylic acid groups (broad SMARTS) is 1. The fraction of sp³-hybridized carbons (Fsp3) is 0.353. The molecule has 8 nitrogen and oxygen atoms in total. The Morgan fingerprint density at radius 2 is 2.08 bits per heavy atom. The zero-order chi connectivity index (χ0) is 18.9. The quantitative estimate of drug-likeness (QED) is 0.838. The molecule has 1 aliphatic rings. The van der Waals surface area contributed by atoms with E-state index in [-0.39, 0.29) is 11.3 Å². The van der Waals surface area contributed by atoms with Crippen molar-refractivity contribution in [3.8, 4) is 5.69 Å². The Kier molecular flexibility index (Phi) is 4.82. The predicted octanol–water partition coefficient (Wildman–Crippen LogP) is 1.78. The Labute approximate surface area is 150 Å². The molecule has 0 saturated carbocycles. The van der Waals surface area contributed by atoms with Crippen LogP contribution in [0.1, 0.15) is 35.3 Å². The number of benzene rings is 1. The second kappa shape index (κ2) is 6.91. The number of hydrogen-bond acceptors (Lipinski definition) is 5. The molecule has 9 heteroatoms. The highest BCUT2D eigenvalue weighted by atomic mass is 32.2. The summed E-state index contributed by atoms with van der Waals surface area (Å²) in [6.07, 6.45) is 2.89. The fourth-order valence-electron chi connectivity index (χ4n) is 3.07. The van der Waals surface area contributed by atoms with Gasteiger partial charge in [0.2, 0.25) is 5.91 Å². The maximum Gasteiger partial charge on any atom is 0.339 e. The van der Waals surface area contributed by atoms with Gasteiger partial charge in [-0.05, 0) is 38.0 Å². The van der Waals surface area contributed by atoms with Gasteiger partial charge in [-0.15, -0.1) is 0 Å². The van der Waals surface area contributed by atoms with Gasteiger partial charge in [-0.25, -0.2) is 17.9 Å². The van der Waals surface area contributed by atoms with Gasteiger partial charge in [0.05, 0.1) is 23.3 Å². The van der Waals surface area contributed by atoms with Crippen LogP contribution < -0.4 is 5.32 Å². The highest BCUT2D eigenvalue weighted by Gasteiger charge is 2.34. The first-order valence-electron chi connectivity index (χ1n) is 8.20. The lowest BCUT2D eigenvalue weighted by Gasteiger charge is -2.21. The zero-order valence-electron chi connectivity index (χ0n) is 14.2. The van der Waals surface area contributed by atoms with Crippen LogP contribution in [0.15, 0.2) is 30.5 Å². The Balaban J connectivity index is 1.84. The van der Waals surface area contributed by atoms with E-state index in [0.717, 1.165) is 0 Å². The van der Waals surface area contributed by atoms with Gasteiger partial charge in [0.25, 0.3) is 0 Å². The van der Waals surface area contributed by atoms with Crippen molar-refractivity contribution in [1.29, 1.82) is 0 Å². The van der Waals surface area contributed by atoms with Crippen LogP contribution in [-0.4, -0.2) is 46.2 Å². The zero-order valence-corrected chi connectivity index (χ0v) is 15.0. The molecule has 2 N–H and O–H groups in total. The van der Waals surface area contributed by atoms with Gasteiger partial charge < -0.3 is 10.4 Å². The molecular formula is C17H19N3O5S. The van der Waals surface area contributed by atoms with Crippen molar-refractivity contribution in [2.75, 3.05) is 11.1 Å². The molecule has 1 aliphatic heterocycles. The van der Waals surface area contributed by atoms with Crippen molar-refractivity contribution < 1.29 is 23.1 Å². The highest BCUT2D eigenvalue weighted by molar-refractivity contribution is 7.92. The molecular weight excluding hydrogens is 358 g/mol. The van der Waals surface area contributed by atoms with E-state index in [2.05, 4.69) is 10.4 Å². The van der Waals surface area contributed by atoms with E-state index in [4.69, 9.17) is 5.11 Å². The highest BCUT2D eigenvalue weighted by Crippen LogP contribution is 2.22. The summed E-state index contributed by atoms with van der Waals surface area (Å²) in [5, 5.41) is 14.8. The molecule has 3 rings (SSSR count). The lowest BCUT2D eigenvalue weighted by Crippen LogP contribution is -2.39. The Morgan fingerprint density at radius 3 is 2.73 bits per heavy atom. The minimum Gasteiger partial charge on any atom is -0.478 e. The van der Waals surface area contributed by atoms with Crippen LogP contribution in [0.2, 0.25) is 0 Å². The lowest BCUT2D eigenvalue weighted by atomic mass is 10.1. The Bertz CT molecular complexity index is 965. The van der Waals surface area contributed by atoms with Crippen molar-refractivity contribution in [3.05, 3.63) is 41.7 Å². The molecule has 2 aromatic rings. The summed E-state index contributed by atoms with van der Waals surface area (Å²) in [6, 6.07) is 6.67. The molecule has 1 fully saturated rings. The fourth-order valence-corrected chi connectivity index (χ4v) is 4.87. The summed E-state index contributed by atoms with van der Waals surface area (Å²) in [4.78, 5) is 23.5. The number of amides is 1. The first-order valence-corrected chi connectivity index (χ1v) is 9.92. The van der Waals surface area contributed by atoms with Crippen molar-refractivity contribution in [3.63, 3.8) is 0 Å². The number of aromatic carboxylic acids is 1.